The van der Waals surface area contributed by atoms with Gasteiger partial charge in [0.25, 0.3) is 0 Å². The smallest absolute Gasteiger partial charge is 0.226 e. The maximum Gasteiger partial charge on any atom is 0.226 e. The molecule has 0 aliphatic heterocycles. The number of amides is 2. The highest BCUT2D eigenvalue weighted by Gasteiger charge is 2.09. The lowest BCUT2D eigenvalue weighted by Gasteiger charge is -2.04. The number of hydrogen-bond acceptors (Lipinski definition) is 4. The van der Waals surface area contributed by atoms with Crippen molar-refractivity contribution in [2.24, 2.45) is 0 Å². The summed E-state index contributed by atoms with van der Waals surface area (Å²) < 4.78 is 4.83. The van der Waals surface area contributed by atoms with Crippen LogP contribution in [-0.4, -0.2) is 17.0 Å². The molecule has 0 aliphatic carbocycles. The third-order valence-electron chi connectivity index (χ3n) is 2.53. The normalized spacial score (nSPS) is 10.1. The summed E-state index contributed by atoms with van der Waals surface area (Å²) in [6.07, 6.45) is 0.197. The van der Waals surface area contributed by atoms with Gasteiger partial charge in [-0.05, 0) is 19.1 Å². The zero-order valence-electron chi connectivity index (χ0n) is 11.1. The largest absolute Gasteiger partial charge is 0.360 e. The minimum atomic E-state index is -0.276. The van der Waals surface area contributed by atoms with E-state index in [4.69, 9.17) is 4.52 Å². The number of rotatable bonds is 5. The van der Waals surface area contributed by atoms with Gasteiger partial charge in [-0.1, -0.05) is 23.4 Å². The highest BCUT2D eigenvalue weighted by molar-refractivity contribution is 5.96. The summed E-state index contributed by atoms with van der Waals surface area (Å²) in [5.41, 5.74) is 0.713. The molecule has 0 unspecified atom stereocenters. The van der Waals surface area contributed by atoms with Crippen LogP contribution >= 0.6 is 0 Å². The maximum absolute atomic E-state index is 11.6. The predicted molar refractivity (Wildman–Crippen MR) is 74.2 cm³/mol. The van der Waals surface area contributed by atoms with Crippen molar-refractivity contribution in [2.75, 3.05) is 10.6 Å². The quantitative estimate of drug-likeness (QED) is 0.875. The average molecular weight is 273 g/mol. The number of benzene rings is 1. The van der Waals surface area contributed by atoms with Gasteiger partial charge in [0.1, 0.15) is 5.76 Å². The third kappa shape index (κ3) is 4.24. The van der Waals surface area contributed by atoms with Gasteiger partial charge in [0.05, 0.1) is 0 Å². The van der Waals surface area contributed by atoms with Crippen molar-refractivity contribution < 1.29 is 14.1 Å². The number of carbonyl (C=O) groups is 2. The molecule has 1 heterocycles. The molecule has 0 aliphatic rings. The number of para-hydroxylation sites is 1. The van der Waals surface area contributed by atoms with Crippen LogP contribution in [0, 0.1) is 6.92 Å². The molecule has 1 aromatic carbocycles. The van der Waals surface area contributed by atoms with Crippen LogP contribution in [0.5, 0.6) is 0 Å². The summed E-state index contributed by atoms with van der Waals surface area (Å²) in [7, 11) is 0. The lowest BCUT2D eigenvalue weighted by atomic mass is 10.2. The van der Waals surface area contributed by atoms with Crippen LogP contribution in [0.4, 0.5) is 11.5 Å². The predicted octanol–water partition coefficient (Wildman–Crippen LogP) is 2.34. The fraction of sp³-hybridized carbons (Fsp3) is 0.214. The number of hydrogen-bond donors (Lipinski definition) is 2. The van der Waals surface area contributed by atoms with Crippen molar-refractivity contribution in [3.8, 4) is 0 Å². The lowest BCUT2D eigenvalue weighted by molar-refractivity contribution is -0.121. The van der Waals surface area contributed by atoms with Crippen LogP contribution < -0.4 is 10.6 Å². The molecular formula is C14H15N3O3. The Balaban J connectivity index is 1.74. The Labute approximate surface area is 116 Å². The molecule has 2 N–H and O–H groups in total. The molecule has 0 bridgehead atoms. The van der Waals surface area contributed by atoms with Crippen LogP contribution in [0.25, 0.3) is 0 Å². The monoisotopic (exact) mass is 273 g/mol. The summed E-state index contributed by atoms with van der Waals surface area (Å²) in [6, 6.07) is 10.7. The molecule has 0 saturated heterocycles. The van der Waals surface area contributed by atoms with Crippen LogP contribution in [-0.2, 0) is 9.59 Å². The Hall–Kier alpha value is -2.63. The van der Waals surface area contributed by atoms with Crippen molar-refractivity contribution in [1.29, 1.82) is 0 Å². The van der Waals surface area contributed by atoms with E-state index in [1.54, 1.807) is 25.1 Å². The van der Waals surface area contributed by atoms with E-state index in [-0.39, 0.29) is 24.7 Å². The molecule has 0 radical (unpaired) electrons. The van der Waals surface area contributed by atoms with E-state index in [1.165, 1.54) is 0 Å². The summed E-state index contributed by atoms with van der Waals surface area (Å²) in [5, 5.41) is 8.91. The van der Waals surface area contributed by atoms with Crippen molar-refractivity contribution in [3.05, 3.63) is 42.2 Å². The SMILES string of the molecule is Cc1cc(NC(=O)CCC(=O)Nc2ccccc2)no1. The molecule has 20 heavy (non-hydrogen) atoms. The van der Waals surface area contributed by atoms with Gasteiger partial charge < -0.3 is 15.2 Å². The number of anilines is 2. The summed E-state index contributed by atoms with van der Waals surface area (Å²) in [4.78, 5) is 23.3. The summed E-state index contributed by atoms with van der Waals surface area (Å²) >= 11 is 0. The van der Waals surface area contributed by atoms with Crippen molar-refractivity contribution in [1.82, 2.24) is 5.16 Å². The van der Waals surface area contributed by atoms with Gasteiger partial charge in [-0.2, -0.15) is 0 Å². The Kier molecular flexibility index (Phi) is 4.49. The highest BCUT2D eigenvalue weighted by atomic mass is 16.5. The van der Waals surface area contributed by atoms with Crippen molar-refractivity contribution in [3.63, 3.8) is 0 Å². The molecule has 2 amide bonds. The number of aryl methyl sites for hydroxylation is 1. The summed E-state index contributed by atoms with van der Waals surface area (Å²) in [5.74, 6) is 0.488. The minimum Gasteiger partial charge on any atom is -0.360 e. The van der Waals surface area contributed by atoms with Gasteiger partial charge in [0.15, 0.2) is 5.82 Å². The molecule has 6 nitrogen and oxygen atoms in total. The van der Waals surface area contributed by atoms with Crippen molar-refractivity contribution in [2.45, 2.75) is 19.8 Å². The lowest BCUT2D eigenvalue weighted by Crippen LogP contribution is -2.17. The molecule has 0 atom stereocenters. The molecule has 1 aromatic heterocycles. The molecular weight excluding hydrogens is 258 g/mol. The second kappa shape index (κ2) is 6.51. The van der Waals surface area contributed by atoms with Gasteiger partial charge in [-0.25, -0.2) is 0 Å². The average Bonchev–Trinajstić information content (AvgIpc) is 2.83. The second-order valence-electron chi connectivity index (χ2n) is 4.29. The zero-order chi connectivity index (χ0) is 14.4. The summed E-state index contributed by atoms with van der Waals surface area (Å²) in [6.45, 7) is 1.73. The first-order valence-corrected chi connectivity index (χ1v) is 6.21. The van der Waals surface area contributed by atoms with E-state index < -0.39 is 0 Å². The van der Waals surface area contributed by atoms with E-state index >= 15 is 0 Å². The Morgan fingerprint density at radius 3 is 2.35 bits per heavy atom. The molecule has 0 fully saturated rings. The Morgan fingerprint density at radius 1 is 1.10 bits per heavy atom. The fourth-order valence-corrected chi connectivity index (χ4v) is 1.60. The second-order valence-corrected chi connectivity index (χ2v) is 4.29. The first-order chi connectivity index (χ1) is 9.63. The van der Waals surface area contributed by atoms with Gasteiger partial charge in [0.2, 0.25) is 11.8 Å². The van der Waals surface area contributed by atoms with E-state index in [2.05, 4.69) is 15.8 Å². The Morgan fingerprint density at radius 2 is 1.75 bits per heavy atom. The van der Waals surface area contributed by atoms with Gasteiger partial charge in [-0.15, -0.1) is 0 Å². The standard InChI is InChI=1S/C14H15N3O3/c1-10-9-12(17-20-10)16-14(19)8-7-13(18)15-11-5-3-2-4-6-11/h2-6,9H,7-8H2,1H3,(H,15,18)(H,16,17,19). The highest BCUT2D eigenvalue weighted by Crippen LogP contribution is 2.09. The van der Waals surface area contributed by atoms with Crippen LogP contribution in [0.3, 0.4) is 0 Å². The van der Waals surface area contributed by atoms with Crippen LogP contribution in [0.2, 0.25) is 0 Å². The minimum absolute atomic E-state index is 0.0879. The molecule has 0 saturated carbocycles. The third-order valence-corrected chi connectivity index (χ3v) is 2.53. The van der Waals surface area contributed by atoms with Crippen LogP contribution in [0.1, 0.15) is 18.6 Å². The van der Waals surface area contributed by atoms with Gasteiger partial charge in [0, 0.05) is 24.6 Å². The van der Waals surface area contributed by atoms with Gasteiger partial charge in [-0.3, -0.25) is 9.59 Å². The van der Waals surface area contributed by atoms with E-state index in [9.17, 15) is 9.59 Å². The number of nitrogens with zero attached hydrogens (tertiary/aromatic N) is 1. The molecule has 0 spiro atoms. The molecule has 6 heteroatoms. The molecule has 104 valence electrons. The van der Waals surface area contributed by atoms with E-state index in [0.29, 0.717) is 17.3 Å². The maximum atomic E-state index is 11.6. The fourth-order valence-electron chi connectivity index (χ4n) is 1.60. The van der Waals surface area contributed by atoms with Gasteiger partial charge >= 0.3 is 0 Å². The Bertz CT molecular complexity index is 593. The van der Waals surface area contributed by atoms with Crippen molar-refractivity contribution >= 4 is 23.3 Å². The number of carbonyl (C=O) groups excluding carboxylic acids is 2. The topological polar surface area (TPSA) is 84.2 Å². The molecule has 2 aromatic rings. The number of aromatic nitrogens is 1. The van der Waals surface area contributed by atoms with E-state index in [1.807, 2.05) is 18.2 Å². The van der Waals surface area contributed by atoms with E-state index in [0.717, 1.165) is 0 Å². The first kappa shape index (κ1) is 13.8. The molecule has 2 rings (SSSR count). The van der Waals surface area contributed by atoms with Crippen LogP contribution in [0.15, 0.2) is 40.9 Å². The number of nitrogens with one attached hydrogen (secondary N) is 2. The zero-order valence-corrected chi connectivity index (χ0v) is 11.1. The first-order valence-electron chi connectivity index (χ1n) is 6.21.